The van der Waals surface area contributed by atoms with Crippen molar-refractivity contribution < 1.29 is 19.1 Å². The molecule has 7 heteroatoms. The molecule has 1 unspecified atom stereocenters. The van der Waals surface area contributed by atoms with E-state index >= 15 is 0 Å². The lowest BCUT2D eigenvalue weighted by molar-refractivity contribution is 0.00656. The molecular weight excluding hydrogens is 250 g/mol. The summed E-state index contributed by atoms with van der Waals surface area (Å²) in [6.07, 6.45) is 0.129. The van der Waals surface area contributed by atoms with Crippen LogP contribution in [-0.2, 0) is 15.9 Å². The zero-order valence-corrected chi connectivity index (χ0v) is 11.6. The van der Waals surface area contributed by atoms with Gasteiger partial charge in [0.25, 0.3) is 0 Å². The highest BCUT2D eigenvalue weighted by atomic mass is 16.5. The van der Waals surface area contributed by atoms with Gasteiger partial charge in [-0.15, -0.1) is 0 Å². The van der Waals surface area contributed by atoms with E-state index in [1.54, 1.807) is 6.92 Å². The van der Waals surface area contributed by atoms with E-state index in [2.05, 4.69) is 15.5 Å². The molecule has 0 amide bonds. The molecule has 0 aliphatic heterocycles. The molecule has 1 aromatic rings. The van der Waals surface area contributed by atoms with Gasteiger partial charge in [0, 0.05) is 26.1 Å². The van der Waals surface area contributed by atoms with Crippen LogP contribution < -0.4 is 5.32 Å². The molecule has 1 heterocycles. The first-order valence-electron chi connectivity index (χ1n) is 6.55. The Kier molecular flexibility index (Phi) is 8.31. The largest absolute Gasteiger partial charge is 0.389 e. The van der Waals surface area contributed by atoms with Crippen LogP contribution >= 0.6 is 0 Å². The molecule has 0 saturated carbocycles. The Morgan fingerprint density at radius 2 is 2.16 bits per heavy atom. The minimum absolute atomic E-state index is 0.305. The first-order chi connectivity index (χ1) is 9.22. The first kappa shape index (κ1) is 16.0. The lowest BCUT2D eigenvalue weighted by atomic mass is 10.3. The minimum atomic E-state index is -0.522. The van der Waals surface area contributed by atoms with Gasteiger partial charge in [-0.25, -0.2) is 0 Å². The molecule has 0 aromatic carbocycles. The van der Waals surface area contributed by atoms with Crippen LogP contribution in [0.3, 0.4) is 0 Å². The monoisotopic (exact) mass is 273 g/mol. The van der Waals surface area contributed by atoms with E-state index in [1.807, 2.05) is 6.92 Å². The number of ether oxygens (including phenoxy) is 2. The molecule has 0 saturated heterocycles. The predicted octanol–water partition coefficient (Wildman–Crippen LogP) is -0.0759. The van der Waals surface area contributed by atoms with Crippen LogP contribution in [0.4, 0.5) is 0 Å². The van der Waals surface area contributed by atoms with Gasteiger partial charge in [-0.2, -0.15) is 4.98 Å². The van der Waals surface area contributed by atoms with Crippen LogP contribution in [0, 0.1) is 6.92 Å². The molecule has 0 aliphatic carbocycles. The zero-order valence-electron chi connectivity index (χ0n) is 11.6. The number of aromatic nitrogens is 2. The SMILES string of the molecule is CCOCCOCC(O)CNCCc1nc(C)no1. The van der Waals surface area contributed by atoms with E-state index in [4.69, 9.17) is 14.0 Å². The quantitative estimate of drug-likeness (QED) is 0.545. The van der Waals surface area contributed by atoms with Crippen molar-refractivity contribution in [1.82, 2.24) is 15.5 Å². The Labute approximate surface area is 113 Å². The molecule has 0 spiro atoms. The van der Waals surface area contributed by atoms with Gasteiger partial charge in [-0.05, 0) is 13.8 Å². The fraction of sp³-hybridized carbons (Fsp3) is 0.833. The fourth-order valence-electron chi connectivity index (χ4n) is 1.45. The molecule has 1 rings (SSSR count). The van der Waals surface area contributed by atoms with Gasteiger partial charge in [-0.3, -0.25) is 0 Å². The van der Waals surface area contributed by atoms with Gasteiger partial charge in [0.2, 0.25) is 5.89 Å². The molecule has 0 fully saturated rings. The van der Waals surface area contributed by atoms with Crippen LogP contribution in [0.25, 0.3) is 0 Å². The number of nitrogens with zero attached hydrogens (tertiary/aromatic N) is 2. The highest BCUT2D eigenvalue weighted by Gasteiger charge is 2.05. The number of aryl methyl sites for hydroxylation is 1. The minimum Gasteiger partial charge on any atom is -0.389 e. The van der Waals surface area contributed by atoms with Crippen LogP contribution in [0.5, 0.6) is 0 Å². The van der Waals surface area contributed by atoms with Gasteiger partial charge in [0.05, 0.1) is 25.9 Å². The molecule has 0 radical (unpaired) electrons. The van der Waals surface area contributed by atoms with Crippen LogP contribution in [0.2, 0.25) is 0 Å². The third-order valence-electron chi connectivity index (χ3n) is 2.35. The van der Waals surface area contributed by atoms with Crippen LogP contribution in [0.1, 0.15) is 18.6 Å². The number of hydrogen-bond donors (Lipinski definition) is 2. The third-order valence-corrected chi connectivity index (χ3v) is 2.35. The second-order valence-corrected chi connectivity index (χ2v) is 4.12. The van der Waals surface area contributed by atoms with E-state index < -0.39 is 6.10 Å². The Morgan fingerprint density at radius 1 is 1.37 bits per heavy atom. The maximum Gasteiger partial charge on any atom is 0.227 e. The molecule has 1 aromatic heterocycles. The molecule has 2 N–H and O–H groups in total. The average Bonchev–Trinajstić information content (AvgIpc) is 2.80. The maximum atomic E-state index is 9.63. The molecule has 110 valence electrons. The Bertz CT molecular complexity index is 333. The molecule has 0 aliphatic rings. The lowest BCUT2D eigenvalue weighted by Crippen LogP contribution is -2.32. The predicted molar refractivity (Wildman–Crippen MR) is 68.9 cm³/mol. The Hall–Kier alpha value is -1.02. The zero-order chi connectivity index (χ0) is 13.9. The van der Waals surface area contributed by atoms with E-state index in [0.29, 0.717) is 57.7 Å². The maximum absolute atomic E-state index is 9.63. The van der Waals surface area contributed by atoms with Crippen molar-refractivity contribution in [1.29, 1.82) is 0 Å². The summed E-state index contributed by atoms with van der Waals surface area (Å²) in [6, 6.07) is 0. The third kappa shape index (κ3) is 7.89. The van der Waals surface area contributed by atoms with Gasteiger partial charge >= 0.3 is 0 Å². The van der Waals surface area contributed by atoms with Crippen LogP contribution in [-0.4, -0.2) is 60.9 Å². The summed E-state index contributed by atoms with van der Waals surface area (Å²) in [4.78, 5) is 4.09. The summed E-state index contributed by atoms with van der Waals surface area (Å²) in [7, 11) is 0. The first-order valence-corrected chi connectivity index (χ1v) is 6.55. The second-order valence-electron chi connectivity index (χ2n) is 4.12. The highest BCUT2D eigenvalue weighted by Crippen LogP contribution is 1.95. The summed E-state index contributed by atoms with van der Waals surface area (Å²) in [5.41, 5.74) is 0. The van der Waals surface area contributed by atoms with Crippen molar-refractivity contribution in [2.45, 2.75) is 26.4 Å². The van der Waals surface area contributed by atoms with Crippen LogP contribution in [0.15, 0.2) is 4.52 Å². The Morgan fingerprint density at radius 3 is 2.84 bits per heavy atom. The van der Waals surface area contributed by atoms with E-state index in [1.165, 1.54) is 0 Å². The fourth-order valence-corrected chi connectivity index (χ4v) is 1.45. The topological polar surface area (TPSA) is 89.6 Å². The summed E-state index contributed by atoms with van der Waals surface area (Å²) in [6.45, 7) is 6.93. The van der Waals surface area contributed by atoms with E-state index in [0.717, 1.165) is 0 Å². The molecule has 0 bridgehead atoms. The van der Waals surface area contributed by atoms with E-state index in [-0.39, 0.29) is 0 Å². The lowest BCUT2D eigenvalue weighted by Gasteiger charge is -2.11. The van der Waals surface area contributed by atoms with Crippen molar-refractivity contribution >= 4 is 0 Å². The summed E-state index contributed by atoms with van der Waals surface area (Å²) < 4.78 is 15.4. The number of nitrogens with one attached hydrogen (secondary N) is 1. The van der Waals surface area contributed by atoms with Crippen molar-refractivity contribution in [2.24, 2.45) is 0 Å². The average molecular weight is 273 g/mol. The normalized spacial score (nSPS) is 12.8. The number of aliphatic hydroxyl groups excluding tert-OH is 1. The number of aliphatic hydroxyl groups is 1. The van der Waals surface area contributed by atoms with Crippen molar-refractivity contribution in [3.63, 3.8) is 0 Å². The second kappa shape index (κ2) is 9.85. The van der Waals surface area contributed by atoms with E-state index in [9.17, 15) is 5.11 Å². The molecule has 1 atom stereocenters. The summed E-state index contributed by atoms with van der Waals surface area (Å²) >= 11 is 0. The van der Waals surface area contributed by atoms with Gasteiger partial charge in [-0.1, -0.05) is 5.16 Å². The Balaban J connectivity index is 1.93. The summed E-state index contributed by atoms with van der Waals surface area (Å²) in [5.74, 6) is 1.24. The van der Waals surface area contributed by atoms with Crippen molar-refractivity contribution in [3.8, 4) is 0 Å². The van der Waals surface area contributed by atoms with Crippen molar-refractivity contribution in [2.75, 3.05) is 39.5 Å². The molecule has 19 heavy (non-hydrogen) atoms. The number of hydrogen-bond acceptors (Lipinski definition) is 7. The number of rotatable bonds is 11. The smallest absolute Gasteiger partial charge is 0.227 e. The summed E-state index contributed by atoms with van der Waals surface area (Å²) in [5, 5.41) is 16.4. The van der Waals surface area contributed by atoms with Gasteiger partial charge in [0.15, 0.2) is 5.82 Å². The highest BCUT2D eigenvalue weighted by molar-refractivity contribution is 4.83. The van der Waals surface area contributed by atoms with Gasteiger partial charge < -0.3 is 24.4 Å². The van der Waals surface area contributed by atoms with Gasteiger partial charge in [0.1, 0.15) is 0 Å². The molecular formula is C12H23N3O4. The van der Waals surface area contributed by atoms with Crippen molar-refractivity contribution in [3.05, 3.63) is 11.7 Å². The standard InChI is InChI=1S/C12H23N3O4/c1-3-17-6-7-18-9-11(16)8-13-5-4-12-14-10(2)15-19-12/h11,13,16H,3-9H2,1-2H3. The molecule has 7 nitrogen and oxygen atoms in total.